The molecular formula is C20H18F3N5O4S. The SMILES string of the molecule is Cc1c(O)n(-c2ccc(S(=O)(=O)C(F)(F)F)cc2)c(=O)n1Cc1ccncc1C1=NCCN1. The Labute approximate surface area is 185 Å². The van der Waals surface area contributed by atoms with E-state index in [1.54, 1.807) is 18.5 Å². The Hall–Kier alpha value is -3.61. The van der Waals surface area contributed by atoms with Crippen molar-refractivity contribution in [3.05, 3.63) is 70.0 Å². The topological polar surface area (TPSA) is 119 Å². The number of aliphatic imine (C=N–C) groups is 1. The Morgan fingerprint density at radius 2 is 1.88 bits per heavy atom. The summed E-state index contributed by atoms with van der Waals surface area (Å²) in [5.41, 5.74) is -4.45. The molecule has 1 aromatic carbocycles. The number of hydrogen-bond donors (Lipinski definition) is 2. The van der Waals surface area contributed by atoms with Crippen LogP contribution in [0.25, 0.3) is 5.69 Å². The molecule has 0 unspecified atom stereocenters. The second-order valence-electron chi connectivity index (χ2n) is 7.25. The van der Waals surface area contributed by atoms with Gasteiger partial charge < -0.3 is 10.4 Å². The van der Waals surface area contributed by atoms with Crippen LogP contribution in [0.1, 0.15) is 16.8 Å². The number of hydrogen-bond acceptors (Lipinski definition) is 7. The molecule has 0 fully saturated rings. The third kappa shape index (κ3) is 3.88. The lowest BCUT2D eigenvalue weighted by molar-refractivity contribution is -0.0436. The Morgan fingerprint density at radius 3 is 2.48 bits per heavy atom. The maximum Gasteiger partial charge on any atom is 0.501 e. The van der Waals surface area contributed by atoms with Crippen molar-refractivity contribution in [3.8, 4) is 11.6 Å². The molecule has 9 nitrogen and oxygen atoms in total. The van der Waals surface area contributed by atoms with Gasteiger partial charge >= 0.3 is 11.2 Å². The molecule has 3 aromatic rings. The average Bonchev–Trinajstić information content (AvgIpc) is 3.37. The van der Waals surface area contributed by atoms with Gasteiger partial charge in [0.25, 0.3) is 9.84 Å². The zero-order valence-electron chi connectivity index (χ0n) is 17.2. The standard InChI is InChI=1S/C20H18F3N5O4S/c1-12-18(29)28(14-2-4-15(5-3-14)33(31,32)20(21,22)23)19(30)27(12)11-13-6-7-24-10-16(13)17-25-8-9-26-17/h2-7,10,29H,8-9,11H2,1H3,(H,25,26). The molecule has 3 heterocycles. The van der Waals surface area contributed by atoms with Gasteiger partial charge in [0.2, 0.25) is 5.88 Å². The number of pyridine rings is 1. The number of benzene rings is 1. The Bertz CT molecular complexity index is 1410. The van der Waals surface area contributed by atoms with Crippen LogP contribution in [0.5, 0.6) is 5.88 Å². The van der Waals surface area contributed by atoms with Gasteiger partial charge in [0.1, 0.15) is 5.84 Å². The van der Waals surface area contributed by atoms with Crippen molar-refractivity contribution in [1.82, 2.24) is 19.4 Å². The first-order valence-corrected chi connectivity index (χ1v) is 11.1. The average molecular weight is 481 g/mol. The van der Waals surface area contributed by atoms with E-state index in [-0.39, 0.29) is 17.9 Å². The van der Waals surface area contributed by atoms with E-state index >= 15 is 0 Å². The maximum atomic E-state index is 13.1. The highest BCUT2D eigenvalue weighted by Gasteiger charge is 2.46. The molecule has 0 saturated carbocycles. The minimum absolute atomic E-state index is 0.0114. The van der Waals surface area contributed by atoms with E-state index < -0.39 is 31.8 Å². The predicted molar refractivity (Wildman–Crippen MR) is 112 cm³/mol. The molecule has 2 N–H and O–H groups in total. The quantitative estimate of drug-likeness (QED) is 0.573. The first-order valence-electron chi connectivity index (χ1n) is 9.67. The summed E-state index contributed by atoms with van der Waals surface area (Å²) < 4.78 is 63.7. The highest BCUT2D eigenvalue weighted by atomic mass is 32.2. The number of aromatic hydroxyl groups is 1. The number of sulfone groups is 1. The smallest absolute Gasteiger partial charge is 0.493 e. The molecule has 0 bridgehead atoms. The first kappa shape index (κ1) is 22.6. The van der Waals surface area contributed by atoms with Crippen molar-refractivity contribution < 1.29 is 26.7 Å². The number of nitrogens with one attached hydrogen (secondary N) is 1. The van der Waals surface area contributed by atoms with Crippen LogP contribution in [-0.4, -0.2) is 52.1 Å². The number of aromatic nitrogens is 3. The molecule has 13 heteroatoms. The maximum absolute atomic E-state index is 13.1. The number of amidine groups is 1. The fourth-order valence-corrected chi connectivity index (χ4v) is 4.25. The van der Waals surface area contributed by atoms with Crippen molar-refractivity contribution in [2.45, 2.75) is 23.9 Å². The number of alkyl halides is 3. The van der Waals surface area contributed by atoms with Crippen molar-refractivity contribution in [3.63, 3.8) is 0 Å². The van der Waals surface area contributed by atoms with E-state index in [1.807, 2.05) is 0 Å². The summed E-state index contributed by atoms with van der Waals surface area (Å²) in [4.78, 5) is 20.6. The number of nitrogens with zero attached hydrogens (tertiary/aromatic N) is 4. The summed E-state index contributed by atoms with van der Waals surface area (Å²) in [6.07, 6.45) is 3.18. The highest BCUT2D eigenvalue weighted by molar-refractivity contribution is 7.92. The van der Waals surface area contributed by atoms with Gasteiger partial charge in [-0.3, -0.25) is 14.5 Å². The van der Waals surface area contributed by atoms with Crippen LogP contribution in [0.2, 0.25) is 0 Å². The molecule has 2 aromatic heterocycles. The summed E-state index contributed by atoms with van der Waals surface area (Å²) >= 11 is 0. The molecule has 33 heavy (non-hydrogen) atoms. The van der Waals surface area contributed by atoms with Crippen LogP contribution in [0, 0.1) is 6.92 Å². The van der Waals surface area contributed by atoms with Crippen LogP contribution in [0.4, 0.5) is 13.2 Å². The zero-order valence-corrected chi connectivity index (χ0v) is 18.0. The third-order valence-corrected chi connectivity index (χ3v) is 6.74. The van der Waals surface area contributed by atoms with E-state index in [9.17, 15) is 31.5 Å². The second kappa shape index (κ2) is 8.06. The minimum atomic E-state index is -5.53. The lowest BCUT2D eigenvalue weighted by Gasteiger charge is -2.10. The van der Waals surface area contributed by atoms with Gasteiger partial charge in [0, 0.05) is 24.5 Å². The molecular weight excluding hydrogens is 463 g/mol. The molecule has 0 saturated heterocycles. The monoisotopic (exact) mass is 481 g/mol. The highest BCUT2D eigenvalue weighted by Crippen LogP contribution is 2.31. The molecule has 4 rings (SSSR count). The number of rotatable bonds is 5. The number of imidazole rings is 1. The van der Waals surface area contributed by atoms with Crippen LogP contribution in [0.15, 0.2) is 57.4 Å². The third-order valence-electron chi connectivity index (χ3n) is 5.24. The Balaban J connectivity index is 1.73. The van der Waals surface area contributed by atoms with Crippen molar-refractivity contribution in [2.75, 3.05) is 13.1 Å². The normalized spacial score (nSPS) is 14.2. The number of halogens is 3. The summed E-state index contributed by atoms with van der Waals surface area (Å²) in [6, 6.07) is 5.25. The fourth-order valence-electron chi connectivity index (χ4n) is 3.49. The van der Waals surface area contributed by atoms with Gasteiger partial charge in [-0.15, -0.1) is 0 Å². The molecule has 0 aliphatic carbocycles. The van der Waals surface area contributed by atoms with Crippen molar-refractivity contribution >= 4 is 15.7 Å². The molecule has 0 atom stereocenters. The van der Waals surface area contributed by atoms with Gasteiger partial charge in [-0.05, 0) is 42.8 Å². The molecule has 0 spiro atoms. The van der Waals surface area contributed by atoms with Gasteiger partial charge in [-0.2, -0.15) is 13.2 Å². The lowest BCUT2D eigenvalue weighted by atomic mass is 10.1. The van der Waals surface area contributed by atoms with Crippen molar-refractivity contribution in [1.29, 1.82) is 0 Å². The summed E-state index contributed by atoms with van der Waals surface area (Å²) in [5, 5.41) is 13.7. The van der Waals surface area contributed by atoms with Gasteiger partial charge in [-0.1, -0.05) is 0 Å². The molecule has 0 radical (unpaired) electrons. The second-order valence-corrected chi connectivity index (χ2v) is 9.19. The minimum Gasteiger partial charge on any atom is -0.493 e. The zero-order chi connectivity index (χ0) is 24.0. The molecule has 174 valence electrons. The summed E-state index contributed by atoms with van der Waals surface area (Å²) in [6.45, 7) is 2.88. The van der Waals surface area contributed by atoms with E-state index in [0.29, 0.717) is 30.1 Å². The molecule has 0 amide bonds. The summed E-state index contributed by atoms with van der Waals surface area (Å²) in [5.74, 6) is 0.229. The van der Waals surface area contributed by atoms with Crippen LogP contribution >= 0.6 is 0 Å². The largest absolute Gasteiger partial charge is 0.501 e. The van der Waals surface area contributed by atoms with E-state index in [4.69, 9.17) is 0 Å². The summed E-state index contributed by atoms with van der Waals surface area (Å²) in [7, 11) is -5.53. The fraction of sp³-hybridized carbons (Fsp3) is 0.250. The molecule has 1 aliphatic heterocycles. The van der Waals surface area contributed by atoms with Gasteiger partial charge in [0.05, 0.1) is 29.4 Å². The van der Waals surface area contributed by atoms with Gasteiger partial charge in [0.15, 0.2) is 0 Å². The van der Waals surface area contributed by atoms with Crippen LogP contribution < -0.4 is 11.0 Å². The molecule has 1 aliphatic rings. The predicted octanol–water partition coefficient (Wildman–Crippen LogP) is 1.74. The Kier molecular flexibility index (Phi) is 5.52. The van der Waals surface area contributed by atoms with Crippen molar-refractivity contribution in [2.24, 2.45) is 4.99 Å². The van der Waals surface area contributed by atoms with E-state index in [0.717, 1.165) is 28.8 Å². The van der Waals surface area contributed by atoms with E-state index in [1.165, 1.54) is 11.5 Å². The lowest BCUT2D eigenvalue weighted by Crippen LogP contribution is -2.26. The Morgan fingerprint density at radius 1 is 1.18 bits per heavy atom. The van der Waals surface area contributed by atoms with Crippen LogP contribution in [0.3, 0.4) is 0 Å². The van der Waals surface area contributed by atoms with Crippen LogP contribution in [-0.2, 0) is 16.4 Å². The first-order chi connectivity index (χ1) is 15.5. The van der Waals surface area contributed by atoms with Gasteiger partial charge in [-0.25, -0.2) is 17.8 Å². The van der Waals surface area contributed by atoms with E-state index in [2.05, 4.69) is 15.3 Å².